The van der Waals surface area contributed by atoms with Gasteiger partial charge in [0.15, 0.2) is 0 Å². The number of hydrogen-bond acceptors (Lipinski definition) is 3. The Hall–Kier alpha value is -5.28. The average molecular weight is 856 g/mol. The molecule has 2 fully saturated rings. The topological polar surface area (TPSA) is 9.72 Å². The zero-order chi connectivity index (χ0) is 45.2. The van der Waals surface area contributed by atoms with E-state index in [0.29, 0.717) is 0 Å². The fourth-order valence-electron chi connectivity index (χ4n) is 15.1. The van der Waals surface area contributed by atoms with Gasteiger partial charge in [0.25, 0.3) is 0 Å². The number of hydrogen-bond donors (Lipinski definition) is 0. The third-order valence-electron chi connectivity index (χ3n) is 18.4. The number of nitrogens with zero attached hydrogens (tertiary/aromatic N) is 3. The van der Waals surface area contributed by atoms with Gasteiger partial charge in [-0.1, -0.05) is 153 Å². The summed E-state index contributed by atoms with van der Waals surface area (Å²) in [7, 11) is 0. The Morgan fingerprint density at radius 2 is 1.17 bits per heavy atom. The molecule has 332 valence electrons. The fourth-order valence-corrected chi connectivity index (χ4v) is 15.1. The molecule has 6 aromatic carbocycles. The Morgan fingerprint density at radius 1 is 0.508 bits per heavy atom. The maximum atomic E-state index is 2.96. The molecular weight excluding hydrogens is 787 g/mol. The summed E-state index contributed by atoms with van der Waals surface area (Å²) in [5.74, 6) is 0.109. The van der Waals surface area contributed by atoms with E-state index >= 15 is 0 Å². The first-order valence-electron chi connectivity index (χ1n) is 25.1. The van der Waals surface area contributed by atoms with Crippen LogP contribution in [0.25, 0.3) is 0 Å². The summed E-state index contributed by atoms with van der Waals surface area (Å²) in [5.41, 5.74) is 23.8. The van der Waals surface area contributed by atoms with E-state index in [1.807, 2.05) is 0 Å². The monoisotopic (exact) mass is 856 g/mol. The van der Waals surface area contributed by atoms with Crippen molar-refractivity contribution in [3.8, 4) is 0 Å². The minimum Gasteiger partial charge on any atom is -0.334 e. The summed E-state index contributed by atoms with van der Waals surface area (Å²) < 4.78 is 0. The number of fused-ring (bicyclic) bond motifs is 10. The Kier molecular flexibility index (Phi) is 8.50. The molecule has 0 N–H and O–H groups in total. The van der Waals surface area contributed by atoms with Crippen molar-refractivity contribution in [2.75, 3.05) is 14.7 Å². The van der Waals surface area contributed by atoms with Crippen molar-refractivity contribution in [1.29, 1.82) is 0 Å². The molecular formula is C62H69N3. The van der Waals surface area contributed by atoms with Crippen LogP contribution in [0.3, 0.4) is 0 Å². The highest BCUT2D eigenvalue weighted by atomic mass is 15.3. The number of aryl methyl sites for hydroxylation is 2. The van der Waals surface area contributed by atoms with Crippen molar-refractivity contribution in [3.05, 3.63) is 171 Å². The zero-order valence-electron chi connectivity index (χ0n) is 41.0. The summed E-state index contributed by atoms with van der Waals surface area (Å²) in [5, 5.41) is 0. The van der Waals surface area contributed by atoms with E-state index in [9.17, 15) is 0 Å². The standard InChI is InChI=1S/C62H69N3/c1-39-34-40(2)55-56-52(39)53-46-29-28-43(58(6,7)8)36-49(46)63(44-25-21-24-42(35-44)57(3,4)5)50-37-45(38-51(54(50)53)65(56)60(10)31-18-17-30-59(55,60)9)64-48-27-16-15-26-47(48)62(41-22-13-12-14-23-41)33-20-19-32-61(62,64)11/h12-16,21-29,34-38,53H,17-20,30-33H2,1-11H3. The molecule has 0 bridgehead atoms. The lowest BCUT2D eigenvalue weighted by Gasteiger charge is -2.54. The molecule has 65 heavy (non-hydrogen) atoms. The van der Waals surface area contributed by atoms with Gasteiger partial charge < -0.3 is 14.7 Å². The molecule has 0 saturated heterocycles. The van der Waals surface area contributed by atoms with Crippen LogP contribution in [-0.4, -0.2) is 11.1 Å². The van der Waals surface area contributed by atoms with E-state index in [2.05, 4.69) is 206 Å². The second-order valence-corrected chi connectivity index (χ2v) is 23.9. The number of rotatable bonds is 3. The van der Waals surface area contributed by atoms with Crippen molar-refractivity contribution < 1.29 is 0 Å². The minimum absolute atomic E-state index is 0.00119. The van der Waals surface area contributed by atoms with Gasteiger partial charge in [0, 0.05) is 39.4 Å². The lowest BCUT2D eigenvalue weighted by molar-refractivity contribution is 0.194. The fraction of sp³-hybridized carbons (Fsp3) is 0.419. The summed E-state index contributed by atoms with van der Waals surface area (Å²) in [4.78, 5) is 8.53. The molecule has 2 aliphatic carbocycles. The summed E-state index contributed by atoms with van der Waals surface area (Å²) >= 11 is 0. The highest BCUT2D eigenvalue weighted by Gasteiger charge is 2.64. The van der Waals surface area contributed by atoms with Gasteiger partial charge in [-0.3, -0.25) is 0 Å². The van der Waals surface area contributed by atoms with Crippen LogP contribution in [0, 0.1) is 13.8 Å². The average Bonchev–Trinajstić information content (AvgIpc) is 3.65. The Balaban J connectivity index is 1.23. The molecule has 6 aliphatic rings. The van der Waals surface area contributed by atoms with Crippen molar-refractivity contribution in [3.63, 3.8) is 0 Å². The molecule has 5 unspecified atom stereocenters. The van der Waals surface area contributed by atoms with Crippen LogP contribution >= 0.6 is 0 Å². The van der Waals surface area contributed by atoms with Crippen LogP contribution in [0.1, 0.15) is 175 Å². The van der Waals surface area contributed by atoms with Crippen LogP contribution in [0.15, 0.2) is 115 Å². The van der Waals surface area contributed by atoms with E-state index < -0.39 is 0 Å². The van der Waals surface area contributed by atoms with Crippen LogP contribution in [0.5, 0.6) is 0 Å². The second-order valence-electron chi connectivity index (χ2n) is 23.9. The van der Waals surface area contributed by atoms with Gasteiger partial charge in [0.1, 0.15) is 0 Å². The molecule has 12 rings (SSSR count). The number of para-hydroxylation sites is 1. The van der Waals surface area contributed by atoms with Crippen LogP contribution in [0.2, 0.25) is 0 Å². The molecule has 4 aliphatic heterocycles. The van der Waals surface area contributed by atoms with Gasteiger partial charge in [-0.05, 0) is 151 Å². The lowest BCUT2D eigenvalue weighted by atomic mass is 9.57. The molecule has 0 radical (unpaired) electrons. The third kappa shape index (κ3) is 5.19. The second kappa shape index (κ2) is 13.4. The van der Waals surface area contributed by atoms with E-state index in [4.69, 9.17) is 0 Å². The van der Waals surface area contributed by atoms with Crippen molar-refractivity contribution in [2.45, 2.75) is 166 Å². The van der Waals surface area contributed by atoms with E-state index in [-0.39, 0.29) is 38.7 Å². The van der Waals surface area contributed by atoms with Gasteiger partial charge in [0.05, 0.1) is 33.8 Å². The predicted octanol–water partition coefficient (Wildman–Crippen LogP) is 16.7. The maximum Gasteiger partial charge on any atom is 0.0561 e. The maximum absolute atomic E-state index is 2.96. The molecule has 0 spiro atoms. The van der Waals surface area contributed by atoms with E-state index in [0.717, 1.165) is 12.8 Å². The molecule has 2 saturated carbocycles. The SMILES string of the molecule is Cc1cc(C)c2c3c1C1c4ccc(C(C)(C)C)cc4N(c4cccc(C(C)(C)C)c4)c4cc(N5c6ccccc6C6(c7ccccc7)CCCCC56C)cc(c41)N3C1(C)CCCCC21C. The Bertz CT molecular complexity index is 2960. The van der Waals surface area contributed by atoms with Gasteiger partial charge in [-0.2, -0.15) is 0 Å². The number of anilines is 7. The van der Waals surface area contributed by atoms with Gasteiger partial charge in [0.2, 0.25) is 0 Å². The molecule has 4 heterocycles. The minimum atomic E-state index is -0.182. The first kappa shape index (κ1) is 41.2. The van der Waals surface area contributed by atoms with Crippen LogP contribution in [0.4, 0.5) is 39.8 Å². The molecule has 6 aromatic rings. The first-order chi connectivity index (χ1) is 30.9. The van der Waals surface area contributed by atoms with E-state index in [1.165, 1.54) is 128 Å². The highest BCUT2D eigenvalue weighted by molar-refractivity contribution is 6.00. The molecule has 3 nitrogen and oxygen atoms in total. The number of benzene rings is 6. The van der Waals surface area contributed by atoms with Crippen molar-refractivity contribution in [1.82, 2.24) is 0 Å². The van der Waals surface area contributed by atoms with Crippen molar-refractivity contribution in [2.24, 2.45) is 0 Å². The van der Waals surface area contributed by atoms with Gasteiger partial charge >= 0.3 is 0 Å². The van der Waals surface area contributed by atoms with Gasteiger partial charge in [-0.25, -0.2) is 0 Å². The highest BCUT2D eigenvalue weighted by Crippen LogP contribution is 2.71. The van der Waals surface area contributed by atoms with Crippen molar-refractivity contribution >= 4 is 39.8 Å². The first-order valence-corrected chi connectivity index (χ1v) is 25.1. The molecule has 0 aromatic heterocycles. The normalized spacial score (nSPS) is 27.1. The zero-order valence-corrected chi connectivity index (χ0v) is 41.0. The molecule has 5 atom stereocenters. The molecule has 3 heteroatoms. The largest absolute Gasteiger partial charge is 0.334 e. The van der Waals surface area contributed by atoms with Crippen LogP contribution in [-0.2, 0) is 21.7 Å². The molecule has 0 amide bonds. The Labute approximate surface area is 389 Å². The third-order valence-corrected chi connectivity index (χ3v) is 18.4. The summed E-state index contributed by atoms with van der Waals surface area (Å²) in [6.07, 6.45) is 9.68. The lowest BCUT2D eigenvalue weighted by Crippen LogP contribution is -2.57. The van der Waals surface area contributed by atoms with Gasteiger partial charge in [-0.15, -0.1) is 0 Å². The summed E-state index contributed by atoms with van der Waals surface area (Å²) in [6.45, 7) is 27.0. The predicted molar refractivity (Wildman–Crippen MR) is 274 cm³/mol. The smallest absolute Gasteiger partial charge is 0.0561 e. The quantitative estimate of drug-likeness (QED) is 0.175. The Morgan fingerprint density at radius 3 is 1.92 bits per heavy atom. The van der Waals surface area contributed by atoms with E-state index in [1.54, 1.807) is 5.56 Å². The van der Waals surface area contributed by atoms with Crippen LogP contribution < -0.4 is 14.7 Å². The summed E-state index contributed by atoms with van der Waals surface area (Å²) in [6, 6.07) is 46.1.